The number of nitrogens with zero attached hydrogens (tertiary/aromatic N) is 1. The van der Waals surface area contributed by atoms with Gasteiger partial charge in [0, 0.05) is 12.6 Å². The van der Waals surface area contributed by atoms with Crippen LogP contribution in [0, 0.1) is 0 Å². The summed E-state index contributed by atoms with van der Waals surface area (Å²) in [6, 6.07) is 10.0. The topological polar surface area (TPSA) is 15.3 Å². The zero-order chi connectivity index (χ0) is 12.4. The summed E-state index contributed by atoms with van der Waals surface area (Å²) >= 11 is 0. The van der Waals surface area contributed by atoms with Crippen molar-refractivity contribution >= 4 is 0 Å². The summed E-state index contributed by atoms with van der Waals surface area (Å²) in [5.41, 5.74) is 3.01. The van der Waals surface area contributed by atoms with Crippen molar-refractivity contribution < 1.29 is 0 Å². The molecule has 1 aliphatic heterocycles. The zero-order valence-electron chi connectivity index (χ0n) is 11.4. The molecule has 1 aromatic rings. The molecule has 1 N–H and O–H groups in total. The number of hydrogen-bond donors (Lipinski definition) is 1. The lowest BCUT2D eigenvalue weighted by Crippen LogP contribution is -2.29. The van der Waals surface area contributed by atoms with Gasteiger partial charge < -0.3 is 10.2 Å². The normalized spacial score (nSPS) is 22.3. The minimum atomic E-state index is 0.780. The Bertz CT molecular complexity index is 390. The molecule has 1 aliphatic carbocycles. The predicted molar refractivity (Wildman–Crippen MR) is 75.8 cm³/mol. The number of rotatable bonds is 4. The number of piperidine rings is 1. The van der Waals surface area contributed by atoms with E-state index in [1.54, 1.807) is 5.56 Å². The van der Waals surface area contributed by atoms with Gasteiger partial charge >= 0.3 is 0 Å². The van der Waals surface area contributed by atoms with Gasteiger partial charge in [0.2, 0.25) is 0 Å². The second kappa shape index (κ2) is 5.41. The van der Waals surface area contributed by atoms with E-state index in [-0.39, 0.29) is 0 Å². The highest BCUT2D eigenvalue weighted by atomic mass is 15.1. The van der Waals surface area contributed by atoms with Crippen molar-refractivity contribution in [1.29, 1.82) is 0 Å². The number of hydrogen-bond acceptors (Lipinski definition) is 2. The SMILES string of the molecule is CN1CCC(c2cccc(CNC3CC3)c2)CC1. The van der Waals surface area contributed by atoms with Crippen LogP contribution in [0.25, 0.3) is 0 Å². The lowest BCUT2D eigenvalue weighted by molar-refractivity contribution is 0.255. The quantitative estimate of drug-likeness (QED) is 0.876. The molecule has 0 radical (unpaired) electrons. The Morgan fingerprint density at radius 2 is 1.94 bits per heavy atom. The molecule has 1 heterocycles. The van der Waals surface area contributed by atoms with Crippen molar-refractivity contribution in [3.63, 3.8) is 0 Å². The first-order valence-corrected chi connectivity index (χ1v) is 7.32. The van der Waals surface area contributed by atoms with Crippen LogP contribution < -0.4 is 5.32 Å². The summed E-state index contributed by atoms with van der Waals surface area (Å²) in [6.07, 6.45) is 5.37. The van der Waals surface area contributed by atoms with Crippen LogP contribution in [-0.2, 0) is 6.54 Å². The molecule has 3 rings (SSSR count). The van der Waals surface area contributed by atoms with Gasteiger partial charge in [-0.3, -0.25) is 0 Å². The maximum Gasteiger partial charge on any atom is 0.0208 e. The van der Waals surface area contributed by atoms with Gasteiger partial charge in [0.1, 0.15) is 0 Å². The summed E-state index contributed by atoms with van der Waals surface area (Å²) in [7, 11) is 2.23. The molecule has 2 aliphatic rings. The highest BCUT2D eigenvalue weighted by Gasteiger charge is 2.21. The summed E-state index contributed by atoms with van der Waals surface area (Å²) < 4.78 is 0. The molecular formula is C16H24N2. The minimum absolute atomic E-state index is 0.780. The average Bonchev–Trinajstić information content (AvgIpc) is 3.22. The molecule has 2 heteroatoms. The molecule has 1 aromatic carbocycles. The molecule has 0 spiro atoms. The summed E-state index contributed by atoms with van der Waals surface area (Å²) in [6.45, 7) is 3.54. The van der Waals surface area contributed by atoms with E-state index in [9.17, 15) is 0 Å². The molecule has 18 heavy (non-hydrogen) atoms. The van der Waals surface area contributed by atoms with Crippen LogP contribution in [0.1, 0.15) is 42.7 Å². The Morgan fingerprint density at radius 3 is 2.67 bits per heavy atom. The van der Waals surface area contributed by atoms with Crippen molar-refractivity contribution in [2.75, 3.05) is 20.1 Å². The number of likely N-dealkylation sites (tertiary alicyclic amines) is 1. The third-order valence-corrected chi connectivity index (χ3v) is 4.31. The maximum absolute atomic E-state index is 3.60. The van der Waals surface area contributed by atoms with Gasteiger partial charge in [-0.15, -0.1) is 0 Å². The zero-order valence-corrected chi connectivity index (χ0v) is 11.4. The third kappa shape index (κ3) is 3.12. The van der Waals surface area contributed by atoms with Crippen molar-refractivity contribution in [3.05, 3.63) is 35.4 Å². The molecule has 2 nitrogen and oxygen atoms in total. The lowest BCUT2D eigenvalue weighted by Gasteiger charge is -2.29. The van der Waals surface area contributed by atoms with Crippen molar-refractivity contribution in [3.8, 4) is 0 Å². The summed E-state index contributed by atoms with van der Waals surface area (Å²) in [4.78, 5) is 2.44. The Kier molecular flexibility index (Phi) is 3.67. The second-order valence-corrected chi connectivity index (χ2v) is 5.98. The Balaban J connectivity index is 1.62. The second-order valence-electron chi connectivity index (χ2n) is 5.98. The summed E-state index contributed by atoms with van der Waals surface area (Å²) in [5, 5.41) is 3.60. The first kappa shape index (κ1) is 12.2. The van der Waals surface area contributed by atoms with E-state index >= 15 is 0 Å². The first-order chi connectivity index (χ1) is 8.81. The van der Waals surface area contributed by atoms with Crippen LogP contribution in [0.2, 0.25) is 0 Å². The molecular weight excluding hydrogens is 220 g/mol. The van der Waals surface area contributed by atoms with Crippen LogP contribution in [0.15, 0.2) is 24.3 Å². The Labute approximate surface area is 110 Å². The van der Waals surface area contributed by atoms with E-state index in [0.717, 1.165) is 18.5 Å². The molecule has 1 saturated carbocycles. The molecule has 0 amide bonds. The lowest BCUT2D eigenvalue weighted by atomic mass is 9.89. The highest BCUT2D eigenvalue weighted by molar-refractivity contribution is 5.27. The van der Waals surface area contributed by atoms with E-state index in [0.29, 0.717) is 0 Å². The molecule has 98 valence electrons. The van der Waals surface area contributed by atoms with Gasteiger partial charge in [0.15, 0.2) is 0 Å². The van der Waals surface area contributed by atoms with Crippen LogP contribution in [-0.4, -0.2) is 31.1 Å². The number of nitrogens with one attached hydrogen (secondary N) is 1. The van der Waals surface area contributed by atoms with Gasteiger partial charge in [0.05, 0.1) is 0 Å². The third-order valence-electron chi connectivity index (χ3n) is 4.31. The average molecular weight is 244 g/mol. The smallest absolute Gasteiger partial charge is 0.0208 e. The van der Waals surface area contributed by atoms with E-state index in [4.69, 9.17) is 0 Å². The Hall–Kier alpha value is -0.860. The van der Waals surface area contributed by atoms with E-state index < -0.39 is 0 Å². The monoisotopic (exact) mass is 244 g/mol. The van der Waals surface area contributed by atoms with E-state index in [2.05, 4.69) is 41.5 Å². The van der Waals surface area contributed by atoms with Gasteiger partial charge in [-0.2, -0.15) is 0 Å². The van der Waals surface area contributed by atoms with Gasteiger partial charge in [0.25, 0.3) is 0 Å². The molecule has 0 bridgehead atoms. The van der Waals surface area contributed by atoms with Crippen LogP contribution in [0.3, 0.4) is 0 Å². The molecule has 2 fully saturated rings. The fraction of sp³-hybridized carbons (Fsp3) is 0.625. The predicted octanol–water partition coefficient (Wildman–Crippen LogP) is 2.75. The molecule has 0 aromatic heterocycles. The van der Waals surface area contributed by atoms with Crippen molar-refractivity contribution in [2.24, 2.45) is 0 Å². The van der Waals surface area contributed by atoms with Crippen LogP contribution in [0.5, 0.6) is 0 Å². The standard InChI is InChI=1S/C16H24N2/c1-18-9-7-14(8-10-18)15-4-2-3-13(11-15)12-17-16-5-6-16/h2-4,11,14,16-17H,5-10,12H2,1H3. The fourth-order valence-corrected chi connectivity index (χ4v) is 2.85. The first-order valence-electron chi connectivity index (χ1n) is 7.32. The largest absolute Gasteiger partial charge is 0.310 e. The molecule has 0 unspecified atom stereocenters. The number of benzene rings is 1. The maximum atomic E-state index is 3.60. The van der Waals surface area contributed by atoms with Crippen molar-refractivity contribution in [2.45, 2.75) is 44.2 Å². The summed E-state index contributed by atoms with van der Waals surface area (Å²) in [5.74, 6) is 0.780. The minimum Gasteiger partial charge on any atom is -0.310 e. The molecule has 1 saturated heterocycles. The van der Waals surface area contributed by atoms with Gasteiger partial charge in [-0.05, 0) is 62.9 Å². The van der Waals surface area contributed by atoms with Gasteiger partial charge in [-0.1, -0.05) is 24.3 Å². The van der Waals surface area contributed by atoms with Crippen LogP contribution in [0.4, 0.5) is 0 Å². The van der Waals surface area contributed by atoms with Crippen LogP contribution >= 0.6 is 0 Å². The Morgan fingerprint density at radius 1 is 1.17 bits per heavy atom. The van der Waals surface area contributed by atoms with E-state index in [1.807, 2.05) is 0 Å². The fourth-order valence-electron chi connectivity index (χ4n) is 2.85. The van der Waals surface area contributed by atoms with Crippen molar-refractivity contribution in [1.82, 2.24) is 10.2 Å². The van der Waals surface area contributed by atoms with Gasteiger partial charge in [-0.25, -0.2) is 0 Å². The van der Waals surface area contributed by atoms with E-state index in [1.165, 1.54) is 44.3 Å². The molecule has 0 atom stereocenters. The highest BCUT2D eigenvalue weighted by Crippen LogP contribution is 2.28.